The predicted octanol–water partition coefficient (Wildman–Crippen LogP) is 3.71. The van der Waals surface area contributed by atoms with Crippen LogP contribution in [0.15, 0.2) is 58.6 Å². The first-order valence-electron chi connectivity index (χ1n) is 6.01. The number of carbonyl (C=O) groups excluding carboxylic acids is 1. The molecular formula is C15H10ClN3O. The number of para-hydroxylation sites is 1. The topological polar surface area (TPSA) is 53.8 Å². The lowest BCUT2D eigenvalue weighted by molar-refractivity contribution is 0.107. The molecule has 0 unspecified atom stereocenters. The first kappa shape index (κ1) is 12.6. The van der Waals surface area contributed by atoms with Crippen LogP contribution < -0.4 is 5.43 Å². The van der Waals surface area contributed by atoms with E-state index in [4.69, 9.17) is 11.6 Å². The number of fused-ring (bicyclic) bond motifs is 1. The number of nitrogens with one attached hydrogen (secondary N) is 1. The van der Waals surface area contributed by atoms with Crippen LogP contribution in [0.1, 0.15) is 10.4 Å². The molecule has 1 N–H and O–H groups in total. The SMILES string of the molecule is O=C1C(C=NNc2cccc(Cl)c2)=Nc2ccccc21. The van der Waals surface area contributed by atoms with Gasteiger partial charge in [-0.15, -0.1) is 0 Å². The summed E-state index contributed by atoms with van der Waals surface area (Å²) < 4.78 is 0. The van der Waals surface area contributed by atoms with E-state index in [-0.39, 0.29) is 5.78 Å². The summed E-state index contributed by atoms with van der Waals surface area (Å²) in [6, 6.07) is 14.4. The first-order valence-corrected chi connectivity index (χ1v) is 6.39. The molecule has 0 aromatic heterocycles. The summed E-state index contributed by atoms with van der Waals surface area (Å²) in [5, 5.41) is 4.63. The second-order valence-electron chi connectivity index (χ2n) is 4.22. The molecule has 0 aliphatic carbocycles. The van der Waals surface area contributed by atoms with Crippen molar-refractivity contribution in [1.82, 2.24) is 0 Å². The maximum Gasteiger partial charge on any atom is 0.215 e. The minimum Gasteiger partial charge on any atom is -0.287 e. The molecule has 98 valence electrons. The van der Waals surface area contributed by atoms with Crippen LogP contribution >= 0.6 is 11.6 Å². The van der Waals surface area contributed by atoms with Crippen LogP contribution in [-0.2, 0) is 0 Å². The van der Waals surface area contributed by atoms with Crippen molar-refractivity contribution in [3.8, 4) is 0 Å². The molecule has 2 aromatic carbocycles. The molecule has 2 aromatic rings. The van der Waals surface area contributed by atoms with Gasteiger partial charge < -0.3 is 0 Å². The van der Waals surface area contributed by atoms with Crippen LogP contribution in [0, 0.1) is 0 Å². The number of hydrazone groups is 1. The van der Waals surface area contributed by atoms with Gasteiger partial charge in [0.15, 0.2) is 0 Å². The maximum absolute atomic E-state index is 12.0. The van der Waals surface area contributed by atoms with E-state index in [1.165, 1.54) is 6.21 Å². The van der Waals surface area contributed by atoms with Gasteiger partial charge in [-0.1, -0.05) is 29.8 Å². The minimum atomic E-state index is -0.114. The Kier molecular flexibility index (Phi) is 3.31. The zero-order chi connectivity index (χ0) is 13.9. The summed E-state index contributed by atoms with van der Waals surface area (Å²) >= 11 is 5.87. The predicted molar refractivity (Wildman–Crippen MR) is 81.4 cm³/mol. The molecule has 20 heavy (non-hydrogen) atoms. The molecule has 1 aliphatic rings. The van der Waals surface area contributed by atoms with Crippen molar-refractivity contribution in [3.05, 3.63) is 59.1 Å². The van der Waals surface area contributed by atoms with Crippen molar-refractivity contribution in [2.24, 2.45) is 10.1 Å². The number of hydrogen-bond acceptors (Lipinski definition) is 4. The van der Waals surface area contributed by atoms with Gasteiger partial charge in [0.1, 0.15) is 5.71 Å². The lowest BCUT2D eigenvalue weighted by atomic mass is 10.1. The molecule has 3 rings (SSSR count). The zero-order valence-corrected chi connectivity index (χ0v) is 11.1. The molecule has 1 heterocycles. The Balaban J connectivity index is 1.74. The molecule has 0 amide bonds. The quantitative estimate of drug-likeness (QED) is 0.690. The van der Waals surface area contributed by atoms with Gasteiger partial charge in [-0.2, -0.15) is 5.10 Å². The number of aliphatic imine (C=N–C) groups is 1. The van der Waals surface area contributed by atoms with Crippen LogP contribution in [0.3, 0.4) is 0 Å². The van der Waals surface area contributed by atoms with Crippen LogP contribution in [0.25, 0.3) is 0 Å². The summed E-state index contributed by atoms with van der Waals surface area (Å²) in [7, 11) is 0. The largest absolute Gasteiger partial charge is 0.287 e. The number of benzene rings is 2. The van der Waals surface area contributed by atoms with Crippen molar-refractivity contribution in [3.63, 3.8) is 0 Å². The highest BCUT2D eigenvalue weighted by Gasteiger charge is 2.22. The zero-order valence-electron chi connectivity index (χ0n) is 10.4. The summed E-state index contributed by atoms with van der Waals surface area (Å²) in [6.07, 6.45) is 1.42. The lowest BCUT2D eigenvalue weighted by Gasteiger charge is -1.99. The molecule has 5 heteroatoms. The van der Waals surface area contributed by atoms with Crippen LogP contribution in [0.2, 0.25) is 5.02 Å². The number of ketones is 1. The van der Waals surface area contributed by atoms with Crippen LogP contribution in [0.4, 0.5) is 11.4 Å². The molecule has 0 atom stereocenters. The number of halogens is 1. The van der Waals surface area contributed by atoms with E-state index >= 15 is 0 Å². The maximum atomic E-state index is 12.0. The first-order chi connectivity index (χ1) is 9.74. The highest BCUT2D eigenvalue weighted by atomic mass is 35.5. The average molecular weight is 284 g/mol. The van der Waals surface area contributed by atoms with E-state index < -0.39 is 0 Å². The molecule has 0 spiro atoms. The van der Waals surface area contributed by atoms with E-state index in [2.05, 4.69) is 15.5 Å². The van der Waals surface area contributed by atoms with Crippen molar-refractivity contribution in [2.45, 2.75) is 0 Å². The van der Waals surface area contributed by atoms with Gasteiger partial charge in [-0.25, -0.2) is 4.99 Å². The van der Waals surface area contributed by atoms with Crippen LogP contribution in [0.5, 0.6) is 0 Å². The van der Waals surface area contributed by atoms with Gasteiger partial charge in [0.25, 0.3) is 0 Å². The Bertz CT molecular complexity index is 737. The minimum absolute atomic E-state index is 0.114. The smallest absolute Gasteiger partial charge is 0.215 e. The molecule has 0 radical (unpaired) electrons. The van der Waals surface area contributed by atoms with Gasteiger partial charge in [-0.05, 0) is 30.3 Å². The monoisotopic (exact) mass is 283 g/mol. The second kappa shape index (κ2) is 5.27. The van der Waals surface area contributed by atoms with Gasteiger partial charge in [-0.3, -0.25) is 10.2 Å². The Labute approximate surface area is 120 Å². The third-order valence-electron chi connectivity index (χ3n) is 2.83. The van der Waals surface area contributed by atoms with Gasteiger partial charge in [0.2, 0.25) is 5.78 Å². The van der Waals surface area contributed by atoms with Gasteiger partial charge in [0.05, 0.1) is 17.6 Å². The third kappa shape index (κ3) is 2.46. The fourth-order valence-electron chi connectivity index (χ4n) is 1.90. The van der Waals surface area contributed by atoms with Gasteiger partial charge in [0, 0.05) is 10.6 Å². The average Bonchev–Trinajstić information content (AvgIpc) is 2.76. The molecule has 0 fully saturated rings. The number of anilines is 1. The molecule has 1 aliphatic heterocycles. The third-order valence-corrected chi connectivity index (χ3v) is 3.06. The number of hydrogen-bond donors (Lipinski definition) is 1. The normalized spacial score (nSPS) is 13.4. The Morgan fingerprint density at radius 3 is 2.80 bits per heavy atom. The Morgan fingerprint density at radius 2 is 2.00 bits per heavy atom. The van der Waals surface area contributed by atoms with Crippen LogP contribution in [-0.4, -0.2) is 17.7 Å². The van der Waals surface area contributed by atoms with Crippen molar-refractivity contribution in [1.29, 1.82) is 0 Å². The second-order valence-corrected chi connectivity index (χ2v) is 4.66. The molecule has 0 saturated carbocycles. The van der Waals surface area contributed by atoms with Crippen molar-refractivity contribution >= 4 is 40.7 Å². The standard InChI is InChI=1S/C15H10ClN3O/c16-10-4-3-5-11(8-10)19-17-9-14-15(20)12-6-1-2-7-13(12)18-14/h1-9,19H. The molecule has 0 bridgehead atoms. The molecule has 4 nitrogen and oxygen atoms in total. The summed E-state index contributed by atoms with van der Waals surface area (Å²) in [6.45, 7) is 0. The van der Waals surface area contributed by atoms with E-state index in [0.717, 1.165) is 5.69 Å². The molecule has 0 saturated heterocycles. The molecular weight excluding hydrogens is 274 g/mol. The van der Waals surface area contributed by atoms with Crippen molar-refractivity contribution < 1.29 is 4.79 Å². The van der Waals surface area contributed by atoms with Gasteiger partial charge >= 0.3 is 0 Å². The summed E-state index contributed by atoms with van der Waals surface area (Å²) in [5.74, 6) is -0.114. The fourth-order valence-corrected chi connectivity index (χ4v) is 2.09. The van der Waals surface area contributed by atoms with E-state index in [0.29, 0.717) is 22.0 Å². The van der Waals surface area contributed by atoms with Crippen molar-refractivity contribution in [2.75, 3.05) is 5.43 Å². The number of carbonyl (C=O) groups is 1. The van der Waals surface area contributed by atoms with E-state index in [1.54, 1.807) is 24.3 Å². The number of Topliss-reactive ketones (excluding diaryl/α,β-unsaturated/α-hetero) is 1. The lowest BCUT2D eigenvalue weighted by Crippen LogP contribution is -2.11. The van der Waals surface area contributed by atoms with E-state index in [1.807, 2.05) is 24.3 Å². The van der Waals surface area contributed by atoms with E-state index in [9.17, 15) is 4.79 Å². The highest BCUT2D eigenvalue weighted by molar-refractivity contribution is 6.67. The number of nitrogens with zero attached hydrogens (tertiary/aromatic N) is 2. The Morgan fingerprint density at radius 1 is 1.15 bits per heavy atom. The Hall–Kier alpha value is -2.46. The highest BCUT2D eigenvalue weighted by Crippen LogP contribution is 2.25. The summed E-state index contributed by atoms with van der Waals surface area (Å²) in [4.78, 5) is 16.3. The number of rotatable bonds is 3. The summed E-state index contributed by atoms with van der Waals surface area (Å²) in [5.41, 5.74) is 5.17. The fraction of sp³-hybridized carbons (Fsp3) is 0.